The number of hydrogen-bond donors (Lipinski definition) is 0. The summed E-state index contributed by atoms with van der Waals surface area (Å²) < 4.78 is 5.19. The van der Waals surface area contributed by atoms with Gasteiger partial charge in [-0.1, -0.05) is 12.1 Å². The van der Waals surface area contributed by atoms with Crippen LogP contribution in [0.2, 0.25) is 0 Å². The van der Waals surface area contributed by atoms with Crippen LogP contribution in [-0.4, -0.2) is 58.3 Å². The van der Waals surface area contributed by atoms with E-state index in [1.807, 2.05) is 24.3 Å². The van der Waals surface area contributed by atoms with Crippen LogP contribution in [0.5, 0.6) is 5.75 Å². The maximum absolute atomic E-state index is 12.7. The molecule has 1 unspecified atom stereocenters. The number of carbonyl (C=O) groups is 2. The van der Waals surface area contributed by atoms with Crippen molar-refractivity contribution < 1.29 is 14.3 Å². The summed E-state index contributed by atoms with van der Waals surface area (Å²) in [5, 5.41) is 0. The number of amides is 2. The monoisotopic (exact) mass is 340 g/mol. The Morgan fingerprint density at radius 3 is 2.52 bits per heavy atom. The zero-order valence-corrected chi connectivity index (χ0v) is 14.3. The number of carbonyl (C=O) groups excluding carboxylic acids is 2. The van der Waals surface area contributed by atoms with E-state index in [9.17, 15) is 9.59 Å². The first kappa shape index (κ1) is 16.9. The fraction of sp³-hybridized carbons (Fsp3) is 0.333. The summed E-state index contributed by atoms with van der Waals surface area (Å²) in [4.78, 5) is 36.2. The largest absolute Gasteiger partial charge is 0.497 e. The van der Waals surface area contributed by atoms with Gasteiger partial charge in [-0.05, 0) is 17.7 Å². The molecular formula is C18H20N4O3. The smallest absolute Gasteiger partial charge is 0.274 e. The fourth-order valence-corrected chi connectivity index (χ4v) is 3.03. The molecule has 25 heavy (non-hydrogen) atoms. The average molecular weight is 340 g/mol. The van der Waals surface area contributed by atoms with Crippen molar-refractivity contribution in [3.05, 3.63) is 54.1 Å². The van der Waals surface area contributed by atoms with Gasteiger partial charge in [0.25, 0.3) is 5.91 Å². The number of benzene rings is 1. The lowest BCUT2D eigenvalue weighted by molar-refractivity contribution is -0.133. The Morgan fingerprint density at radius 1 is 1.16 bits per heavy atom. The van der Waals surface area contributed by atoms with Gasteiger partial charge >= 0.3 is 0 Å². The van der Waals surface area contributed by atoms with Gasteiger partial charge in [0.1, 0.15) is 11.4 Å². The van der Waals surface area contributed by atoms with Crippen molar-refractivity contribution in [2.75, 3.05) is 26.7 Å². The second-order valence-corrected chi connectivity index (χ2v) is 5.84. The highest BCUT2D eigenvalue weighted by Gasteiger charge is 2.32. The third kappa shape index (κ3) is 3.60. The molecule has 0 N–H and O–H groups in total. The maximum Gasteiger partial charge on any atom is 0.274 e. The van der Waals surface area contributed by atoms with E-state index in [1.54, 1.807) is 23.8 Å². The molecule has 1 fully saturated rings. The first-order chi connectivity index (χ1) is 12.1. The molecule has 1 aliphatic heterocycles. The minimum atomic E-state index is -0.197. The van der Waals surface area contributed by atoms with Gasteiger partial charge in [0.2, 0.25) is 5.91 Å². The molecular weight excluding hydrogens is 320 g/mol. The van der Waals surface area contributed by atoms with Crippen molar-refractivity contribution in [1.29, 1.82) is 0 Å². The van der Waals surface area contributed by atoms with Crippen LogP contribution in [0.3, 0.4) is 0 Å². The van der Waals surface area contributed by atoms with E-state index < -0.39 is 0 Å². The molecule has 3 rings (SSSR count). The molecule has 7 heteroatoms. The van der Waals surface area contributed by atoms with Crippen molar-refractivity contribution in [3.63, 3.8) is 0 Å². The van der Waals surface area contributed by atoms with Crippen molar-refractivity contribution in [1.82, 2.24) is 19.8 Å². The van der Waals surface area contributed by atoms with Gasteiger partial charge in [-0.2, -0.15) is 0 Å². The Balaban J connectivity index is 1.84. The number of piperazine rings is 1. The Labute approximate surface area is 146 Å². The Hall–Kier alpha value is -2.96. The maximum atomic E-state index is 12.7. The summed E-state index contributed by atoms with van der Waals surface area (Å²) in [7, 11) is 1.61. The third-order valence-corrected chi connectivity index (χ3v) is 4.35. The number of aromatic nitrogens is 2. The summed E-state index contributed by atoms with van der Waals surface area (Å²) in [5.41, 5.74) is 1.28. The number of ether oxygens (including phenoxy) is 1. The van der Waals surface area contributed by atoms with E-state index in [2.05, 4.69) is 9.97 Å². The zero-order valence-electron chi connectivity index (χ0n) is 14.3. The summed E-state index contributed by atoms with van der Waals surface area (Å²) >= 11 is 0. The van der Waals surface area contributed by atoms with E-state index in [4.69, 9.17) is 4.74 Å². The van der Waals surface area contributed by atoms with Crippen LogP contribution in [0.15, 0.2) is 42.9 Å². The second kappa shape index (κ2) is 7.29. The lowest BCUT2D eigenvalue weighted by atomic mass is 10.0. The van der Waals surface area contributed by atoms with Gasteiger partial charge in [0.05, 0.1) is 19.3 Å². The molecule has 1 atom stereocenters. The standard InChI is InChI=1S/C18H20N4O3/c1-13(23)22-10-9-21(18(24)16-11-19-7-8-20-16)12-17(22)14-3-5-15(25-2)6-4-14/h3-8,11,17H,9-10,12H2,1-2H3. The Bertz CT molecular complexity index is 749. The van der Waals surface area contributed by atoms with Crippen molar-refractivity contribution in [2.24, 2.45) is 0 Å². The molecule has 0 radical (unpaired) electrons. The van der Waals surface area contributed by atoms with Gasteiger partial charge in [-0.15, -0.1) is 0 Å². The minimum absolute atomic E-state index is 0.00702. The molecule has 130 valence electrons. The van der Waals surface area contributed by atoms with E-state index in [1.165, 1.54) is 18.6 Å². The molecule has 0 bridgehead atoms. The van der Waals surface area contributed by atoms with Gasteiger partial charge < -0.3 is 14.5 Å². The van der Waals surface area contributed by atoms with Crippen molar-refractivity contribution in [2.45, 2.75) is 13.0 Å². The predicted octanol–water partition coefficient (Wildman–Crippen LogP) is 1.53. The topological polar surface area (TPSA) is 75.6 Å². The van der Waals surface area contributed by atoms with Crippen molar-refractivity contribution >= 4 is 11.8 Å². The van der Waals surface area contributed by atoms with Gasteiger partial charge in [0.15, 0.2) is 0 Å². The molecule has 2 aromatic rings. The van der Waals surface area contributed by atoms with Crippen LogP contribution < -0.4 is 4.74 Å². The zero-order chi connectivity index (χ0) is 17.8. The highest BCUT2D eigenvalue weighted by molar-refractivity contribution is 5.92. The minimum Gasteiger partial charge on any atom is -0.497 e. The Morgan fingerprint density at radius 2 is 1.92 bits per heavy atom. The first-order valence-corrected chi connectivity index (χ1v) is 8.06. The van der Waals surface area contributed by atoms with Gasteiger partial charge in [-0.25, -0.2) is 4.98 Å². The molecule has 1 aliphatic rings. The van der Waals surface area contributed by atoms with Crippen LogP contribution in [0.1, 0.15) is 29.0 Å². The third-order valence-electron chi connectivity index (χ3n) is 4.35. The summed E-state index contributed by atoms with van der Waals surface area (Å²) in [6.45, 7) is 2.93. The number of rotatable bonds is 3. The second-order valence-electron chi connectivity index (χ2n) is 5.84. The quantitative estimate of drug-likeness (QED) is 0.847. The molecule has 7 nitrogen and oxygen atoms in total. The van der Waals surface area contributed by atoms with Crippen LogP contribution in [-0.2, 0) is 4.79 Å². The van der Waals surface area contributed by atoms with Crippen LogP contribution in [0.4, 0.5) is 0 Å². The SMILES string of the molecule is COc1ccc(C2CN(C(=O)c3cnccn3)CCN2C(C)=O)cc1. The van der Waals surface area contributed by atoms with Crippen LogP contribution >= 0.6 is 0 Å². The highest BCUT2D eigenvalue weighted by Crippen LogP contribution is 2.27. The molecule has 0 spiro atoms. The van der Waals surface area contributed by atoms with Crippen molar-refractivity contribution in [3.8, 4) is 5.75 Å². The normalized spacial score (nSPS) is 17.3. The summed E-state index contributed by atoms with van der Waals surface area (Å²) in [5.74, 6) is 0.573. The lowest BCUT2D eigenvalue weighted by Crippen LogP contribution is -2.52. The summed E-state index contributed by atoms with van der Waals surface area (Å²) in [6.07, 6.45) is 4.49. The summed E-state index contributed by atoms with van der Waals surface area (Å²) in [6, 6.07) is 7.37. The highest BCUT2D eigenvalue weighted by atomic mass is 16.5. The average Bonchev–Trinajstić information content (AvgIpc) is 2.67. The van der Waals surface area contributed by atoms with E-state index in [0.717, 1.165) is 11.3 Å². The lowest BCUT2D eigenvalue weighted by Gasteiger charge is -2.41. The van der Waals surface area contributed by atoms with E-state index in [0.29, 0.717) is 25.3 Å². The van der Waals surface area contributed by atoms with Gasteiger partial charge in [0, 0.05) is 39.0 Å². The van der Waals surface area contributed by atoms with E-state index in [-0.39, 0.29) is 17.9 Å². The number of methoxy groups -OCH3 is 1. The first-order valence-electron chi connectivity index (χ1n) is 8.06. The molecule has 1 saturated heterocycles. The number of hydrogen-bond acceptors (Lipinski definition) is 5. The number of nitrogens with zero attached hydrogens (tertiary/aromatic N) is 4. The fourth-order valence-electron chi connectivity index (χ4n) is 3.03. The van der Waals surface area contributed by atoms with E-state index >= 15 is 0 Å². The van der Waals surface area contributed by atoms with Crippen LogP contribution in [0.25, 0.3) is 0 Å². The molecule has 1 aromatic carbocycles. The molecule has 0 aliphatic carbocycles. The molecule has 2 amide bonds. The van der Waals surface area contributed by atoms with Crippen LogP contribution in [0, 0.1) is 0 Å². The molecule has 0 saturated carbocycles. The molecule has 1 aromatic heterocycles. The van der Waals surface area contributed by atoms with Gasteiger partial charge in [-0.3, -0.25) is 14.6 Å². The Kier molecular flexibility index (Phi) is 4.92. The predicted molar refractivity (Wildman–Crippen MR) is 91.1 cm³/mol. The molecule has 2 heterocycles.